The summed E-state index contributed by atoms with van der Waals surface area (Å²) < 4.78 is 23.1. The lowest BCUT2D eigenvalue weighted by Crippen LogP contribution is -2.70. The van der Waals surface area contributed by atoms with Crippen molar-refractivity contribution in [2.45, 2.75) is 111 Å². The van der Waals surface area contributed by atoms with Crippen LogP contribution in [0.25, 0.3) is 0 Å². The number of aliphatic hydroxyl groups excluding tert-OH is 8. The first-order valence-electron chi connectivity index (χ1n) is 14.3. The van der Waals surface area contributed by atoms with Crippen LogP contribution < -0.4 is 33.6 Å². The molecule has 0 bridgehead atoms. The molecule has 43 heavy (non-hydrogen) atoms. The van der Waals surface area contributed by atoms with Gasteiger partial charge in [0.1, 0.15) is 61.0 Å². The van der Waals surface area contributed by atoms with Crippen LogP contribution in [0.1, 0.15) is 12.8 Å². The van der Waals surface area contributed by atoms with Crippen molar-refractivity contribution in [3.63, 3.8) is 0 Å². The van der Waals surface area contributed by atoms with E-state index < -0.39 is 117 Å². The van der Waals surface area contributed by atoms with E-state index >= 15 is 0 Å². The predicted molar refractivity (Wildman–Crippen MR) is 144 cm³/mol. The number of nitrogens with two attached hydrogens (primary N) is 4. The van der Waals surface area contributed by atoms with E-state index in [9.17, 15) is 40.5 Å². The van der Waals surface area contributed by atoms with E-state index in [2.05, 4.69) is 10.6 Å². The molecule has 2 saturated heterocycles. The minimum atomic E-state index is -1.68. The van der Waals surface area contributed by atoms with Gasteiger partial charge in [0.05, 0.1) is 24.7 Å². The van der Waals surface area contributed by atoms with Gasteiger partial charge >= 0.3 is 0 Å². The quantitative estimate of drug-likeness (QED) is 0.0841. The third kappa shape index (κ3) is 8.54. The van der Waals surface area contributed by atoms with Gasteiger partial charge in [-0.3, -0.25) is 4.79 Å². The summed E-state index contributed by atoms with van der Waals surface area (Å²) in [5.74, 6) is -0.892. The Bertz CT molecular complexity index is 867. The van der Waals surface area contributed by atoms with Gasteiger partial charge in [-0.15, -0.1) is 0 Å². The average Bonchev–Trinajstić information content (AvgIpc) is 2.99. The number of amides is 1. The second-order valence-corrected chi connectivity index (χ2v) is 11.1. The normalized spacial score (nSPS) is 44.6. The molecule has 252 valence electrons. The van der Waals surface area contributed by atoms with E-state index in [0.29, 0.717) is 13.0 Å². The molecule has 1 aliphatic carbocycles. The summed E-state index contributed by atoms with van der Waals surface area (Å²) in [5, 5.41) is 87.2. The van der Waals surface area contributed by atoms with E-state index in [1.54, 1.807) is 0 Å². The topological polar surface area (TPSA) is 344 Å². The molecule has 1 amide bonds. The third-order valence-electron chi connectivity index (χ3n) is 8.00. The standard InChI is InChI=1S/C24H48N6O13/c25-5-10(33)22(39)30-9-4-8(26)20(19(38)21(9)43-24-18(37)13(27)15(34)12(7-32)41-24)42-23-14(28)17(36)16(35)11(40-23)6-29-2-1-3-31/h8-21,23-24,29,31-38H,1-7,25-28H2,(H,30,39). The van der Waals surface area contributed by atoms with Gasteiger partial charge in [0.25, 0.3) is 0 Å². The van der Waals surface area contributed by atoms with Crippen LogP contribution >= 0.6 is 0 Å². The Labute approximate surface area is 248 Å². The number of aliphatic hydroxyl groups is 8. The fourth-order valence-corrected chi connectivity index (χ4v) is 5.35. The van der Waals surface area contributed by atoms with Crippen molar-refractivity contribution in [1.29, 1.82) is 0 Å². The van der Waals surface area contributed by atoms with Gasteiger partial charge in [-0.05, 0) is 19.4 Å². The Hall–Kier alpha value is -1.21. The molecule has 19 heteroatoms. The first kappa shape index (κ1) is 36.3. The van der Waals surface area contributed by atoms with Crippen molar-refractivity contribution in [3.8, 4) is 0 Å². The Morgan fingerprint density at radius 2 is 1.51 bits per heavy atom. The Balaban J connectivity index is 1.81. The first-order chi connectivity index (χ1) is 20.4. The van der Waals surface area contributed by atoms with Crippen molar-refractivity contribution in [1.82, 2.24) is 10.6 Å². The van der Waals surface area contributed by atoms with Crippen LogP contribution in [0.3, 0.4) is 0 Å². The number of carbonyl (C=O) groups excluding carboxylic acids is 1. The largest absolute Gasteiger partial charge is 0.396 e. The van der Waals surface area contributed by atoms with Crippen LogP contribution in [0.5, 0.6) is 0 Å². The first-order valence-corrected chi connectivity index (χ1v) is 14.3. The smallest absolute Gasteiger partial charge is 0.250 e. The summed E-state index contributed by atoms with van der Waals surface area (Å²) in [6.07, 6.45) is -16.8. The van der Waals surface area contributed by atoms with Crippen LogP contribution in [0, 0.1) is 0 Å². The summed E-state index contributed by atoms with van der Waals surface area (Å²) in [4.78, 5) is 12.5. The highest BCUT2D eigenvalue weighted by Gasteiger charge is 2.52. The van der Waals surface area contributed by atoms with Crippen LogP contribution in [-0.4, -0.2) is 177 Å². The number of carbonyl (C=O) groups is 1. The SMILES string of the molecule is NCC(O)C(=O)NC1CC(N)C(OC2OC(CNCCCO)C(O)C(O)C2N)C(O)C1OC1OC(CO)C(O)C(N)C1O. The van der Waals surface area contributed by atoms with Crippen molar-refractivity contribution in [3.05, 3.63) is 0 Å². The molecule has 18 N–H and O–H groups in total. The van der Waals surface area contributed by atoms with Gasteiger partial charge in [-0.2, -0.15) is 0 Å². The highest BCUT2D eigenvalue weighted by atomic mass is 16.7. The zero-order valence-corrected chi connectivity index (χ0v) is 23.6. The molecule has 16 atom stereocenters. The van der Waals surface area contributed by atoms with Gasteiger partial charge in [-0.25, -0.2) is 0 Å². The molecule has 0 radical (unpaired) electrons. The second-order valence-electron chi connectivity index (χ2n) is 11.1. The maximum absolute atomic E-state index is 12.5. The van der Waals surface area contributed by atoms with E-state index in [1.807, 2.05) is 0 Å². The molecule has 2 aliphatic heterocycles. The number of nitrogens with one attached hydrogen (secondary N) is 2. The lowest BCUT2D eigenvalue weighted by Gasteiger charge is -2.49. The van der Waals surface area contributed by atoms with Gasteiger partial charge in [0, 0.05) is 25.7 Å². The predicted octanol–water partition coefficient (Wildman–Crippen LogP) is -8.83. The molecular weight excluding hydrogens is 580 g/mol. The highest BCUT2D eigenvalue weighted by molar-refractivity contribution is 5.81. The maximum atomic E-state index is 12.5. The van der Waals surface area contributed by atoms with E-state index in [1.165, 1.54) is 0 Å². The molecule has 3 rings (SSSR count). The third-order valence-corrected chi connectivity index (χ3v) is 8.00. The van der Waals surface area contributed by atoms with Gasteiger partial charge in [0.15, 0.2) is 12.6 Å². The molecule has 16 unspecified atom stereocenters. The van der Waals surface area contributed by atoms with Crippen molar-refractivity contribution >= 4 is 5.91 Å². The number of hydrogen-bond acceptors (Lipinski definition) is 18. The minimum absolute atomic E-state index is 0.0518. The number of rotatable bonds is 13. The Morgan fingerprint density at radius 1 is 0.860 bits per heavy atom. The van der Waals surface area contributed by atoms with Crippen molar-refractivity contribution in [2.75, 3.05) is 32.8 Å². The zero-order valence-electron chi connectivity index (χ0n) is 23.6. The summed E-state index contributed by atoms with van der Waals surface area (Å²) in [5.41, 5.74) is 23.7. The molecule has 19 nitrogen and oxygen atoms in total. The summed E-state index contributed by atoms with van der Waals surface area (Å²) in [7, 11) is 0. The monoisotopic (exact) mass is 628 g/mol. The lowest BCUT2D eigenvalue weighted by atomic mass is 9.83. The molecule has 0 aromatic heterocycles. The molecule has 0 spiro atoms. The highest BCUT2D eigenvalue weighted by Crippen LogP contribution is 2.31. The van der Waals surface area contributed by atoms with E-state index in [4.69, 9.17) is 47.0 Å². The molecule has 2 heterocycles. The molecule has 0 aromatic rings. The second kappa shape index (κ2) is 16.4. The maximum Gasteiger partial charge on any atom is 0.250 e. The number of hydrogen-bond donors (Lipinski definition) is 14. The molecule has 3 aliphatic rings. The fourth-order valence-electron chi connectivity index (χ4n) is 5.35. The summed E-state index contributed by atoms with van der Waals surface area (Å²) >= 11 is 0. The van der Waals surface area contributed by atoms with Crippen LogP contribution in [0.2, 0.25) is 0 Å². The van der Waals surface area contributed by atoms with E-state index in [0.717, 1.165) is 0 Å². The van der Waals surface area contributed by atoms with Crippen LogP contribution in [0.15, 0.2) is 0 Å². The summed E-state index contributed by atoms with van der Waals surface area (Å²) in [6, 6.07) is -4.68. The Kier molecular flexibility index (Phi) is 13.8. The lowest BCUT2D eigenvalue weighted by molar-refractivity contribution is -0.320. The van der Waals surface area contributed by atoms with Crippen molar-refractivity contribution in [2.24, 2.45) is 22.9 Å². The molecular formula is C24H48N6O13. The van der Waals surface area contributed by atoms with Gasteiger partial charge in [-0.1, -0.05) is 0 Å². The number of ether oxygens (including phenoxy) is 4. The molecule has 3 fully saturated rings. The van der Waals surface area contributed by atoms with Crippen LogP contribution in [0.4, 0.5) is 0 Å². The zero-order chi connectivity index (χ0) is 32.0. The Morgan fingerprint density at radius 3 is 2.14 bits per heavy atom. The average molecular weight is 629 g/mol. The van der Waals surface area contributed by atoms with Gasteiger partial charge < -0.3 is 93.4 Å². The molecule has 0 aromatic carbocycles. The van der Waals surface area contributed by atoms with E-state index in [-0.39, 0.29) is 19.6 Å². The molecule has 1 saturated carbocycles. The fraction of sp³-hybridized carbons (Fsp3) is 0.958. The minimum Gasteiger partial charge on any atom is -0.396 e. The summed E-state index contributed by atoms with van der Waals surface area (Å²) in [6.45, 7) is -0.650. The van der Waals surface area contributed by atoms with Crippen LogP contribution in [-0.2, 0) is 23.7 Å². The van der Waals surface area contributed by atoms with Gasteiger partial charge in [0.2, 0.25) is 5.91 Å². The van der Waals surface area contributed by atoms with Crippen molar-refractivity contribution < 1.29 is 64.6 Å².